The van der Waals surface area contributed by atoms with Crippen LogP contribution in [-0.2, 0) is 11.8 Å². The number of aryl methyl sites for hydroxylation is 2. The molecule has 1 spiro atoms. The van der Waals surface area contributed by atoms with Gasteiger partial charge in [-0.2, -0.15) is 15.3 Å². The lowest BCUT2D eigenvalue weighted by Crippen LogP contribution is -2.64. The monoisotopic (exact) mass is 729 g/mol. The average molecular weight is 730 g/mol. The number of hydrogen-bond acceptors (Lipinski definition) is 5. The van der Waals surface area contributed by atoms with Crippen molar-refractivity contribution >= 4 is 67.9 Å². The Morgan fingerprint density at radius 2 is 1.84 bits per heavy atom. The van der Waals surface area contributed by atoms with Gasteiger partial charge in [0.15, 0.2) is 0 Å². The number of benzene rings is 2. The summed E-state index contributed by atoms with van der Waals surface area (Å²) in [4.78, 5) is 14.4. The Morgan fingerprint density at radius 3 is 2.53 bits per heavy atom. The number of fused-ring (bicyclic) bond motifs is 2. The van der Waals surface area contributed by atoms with Gasteiger partial charge in [0.25, 0.3) is 0 Å². The number of ether oxygens (including phenoxy) is 1. The van der Waals surface area contributed by atoms with Crippen molar-refractivity contribution < 1.29 is 9.53 Å². The molecule has 1 aliphatic heterocycles. The molecule has 1 unspecified atom stereocenters. The number of aromatic nitrogens is 6. The molecule has 3 aromatic heterocycles. The molecule has 0 bridgehead atoms. The molecule has 4 heterocycles. The number of nitrogens with zero attached hydrogens (tertiary/aromatic N) is 7. The third kappa shape index (κ3) is 4.75. The van der Waals surface area contributed by atoms with Crippen LogP contribution < -0.4 is 0 Å². The summed E-state index contributed by atoms with van der Waals surface area (Å²) in [6.07, 6.45) is 6.03. The fourth-order valence-electron chi connectivity index (χ4n) is 6.86. The molecule has 224 valence electrons. The third-order valence-corrected chi connectivity index (χ3v) is 11.3. The summed E-state index contributed by atoms with van der Waals surface area (Å²) >= 11 is 9.52. The van der Waals surface area contributed by atoms with Crippen LogP contribution in [0.4, 0.5) is 4.79 Å². The normalized spacial score (nSPS) is 17.0. The maximum Gasteiger partial charge on any atom is 0.410 e. The third-order valence-electron chi connectivity index (χ3n) is 8.88. The van der Waals surface area contributed by atoms with E-state index in [4.69, 9.17) is 26.5 Å². The lowest BCUT2D eigenvalue weighted by molar-refractivity contribution is -0.0930. The van der Waals surface area contributed by atoms with Crippen LogP contribution in [0.3, 0.4) is 0 Å². The molecule has 2 fully saturated rings. The van der Waals surface area contributed by atoms with E-state index < -0.39 is 5.60 Å². The fourth-order valence-corrected chi connectivity index (χ4v) is 8.64. The van der Waals surface area contributed by atoms with Crippen molar-refractivity contribution in [2.45, 2.75) is 59.1 Å². The van der Waals surface area contributed by atoms with Crippen molar-refractivity contribution in [2.24, 2.45) is 12.5 Å². The van der Waals surface area contributed by atoms with Gasteiger partial charge in [0.1, 0.15) is 11.3 Å². The fraction of sp³-hybridized carbons (Fsp3) is 0.419. The van der Waals surface area contributed by atoms with E-state index in [1.807, 2.05) is 54.2 Å². The van der Waals surface area contributed by atoms with Crippen LogP contribution in [0.2, 0.25) is 5.02 Å². The van der Waals surface area contributed by atoms with E-state index in [0.717, 1.165) is 86.4 Å². The molecular weight excluding hydrogens is 696 g/mol. The molecule has 12 heteroatoms. The van der Waals surface area contributed by atoms with E-state index in [0.29, 0.717) is 6.37 Å². The molecule has 1 saturated carbocycles. The van der Waals surface area contributed by atoms with Crippen molar-refractivity contribution in [1.29, 1.82) is 0 Å². The molecular formula is C31H34ClIN7O2P. The molecule has 0 N–H and O–H groups in total. The molecule has 1 saturated heterocycles. The van der Waals surface area contributed by atoms with Crippen molar-refractivity contribution in [1.82, 2.24) is 34.0 Å². The lowest BCUT2D eigenvalue weighted by atomic mass is 9.61. The molecule has 1 atom stereocenters. The van der Waals surface area contributed by atoms with Crippen molar-refractivity contribution in [2.75, 3.05) is 13.1 Å². The number of rotatable bonds is 4. The highest BCUT2D eigenvalue weighted by atomic mass is 127. The van der Waals surface area contributed by atoms with Crippen molar-refractivity contribution in [3.05, 3.63) is 52.9 Å². The zero-order chi connectivity index (χ0) is 30.4. The Kier molecular flexibility index (Phi) is 6.87. The summed E-state index contributed by atoms with van der Waals surface area (Å²) in [5.74, 6) is 0. The number of amides is 1. The lowest BCUT2D eigenvalue weighted by Gasteiger charge is -2.58. The van der Waals surface area contributed by atoms with Gasteiger partial charge in [0.05, 0.1) is 40.9 Å². The quantitative estimate of drug-likeness (QED) is 0.138. The van der Waals surface area contributed by atoms with Gasteiger partial charge in [-0.15, -0.1) is 0 Å². The topological polar surface area (TPSA) is 83.0 Å². The largest absolute Gasteiger partial charge is 0.444 e. The van der Waals surface area contributed by atoms with Gasteiger partial charge in [0.2, 0.25) is 0 Å². The number of hydrogen-bond donors (Lipinski definition) is 0. The Morgan fingerprint density at radius 1 is 1.09 bits per heavy atom. The van der Waals surface area contributed by atoms with Gasteiger partial charge >= 0.3 is 6.09 Å². The second-order valence-corrected chi connectivity index (χ2v) is 15.6. The zero-order valence-corrected chi connectivity index (χ0v) is 29.0. The number of likely N-dealkylation sites (tertiary alicyclic amines) is 1. The summed E-state index contributed by atoms with van der Waals surface area (Å²) in [6, 6.07) is 8.78. The van der Waals surface area contributed by atoms with E-state index in [9.17, 15) is 4.79 Å². The molecule has 7 rings (SSSR count). The van der Waals surface area contributed by atoms with E-state index in [2.05, 4.69) is 69.9 Å². The first kappa shape index (κ1) is 29.0. The summed E-state index contributed by atoms with van der Waals surface area (Å²) in [5.41, 5.74) is 7.85. The standard InChI is InChI=1S/C31H34ClIN7O2P/c1-17-9-24-22(14-35-40(24)43-33)26(27(17)32)25-18(2)39(36-28(25)19-7-8-23-20(10-19)13-34-37(23)6)21-11-31(12-21)15-38(16-31)29(41)42-30(3,4)5/h7-10,13-14,21,43H,11-12,15-16H2,1-6H3. The Hall–Kier alpha value is -2.69. The Bertz CT molecular complexity index is 1920. The van der Waals surface area contributed by atoms with E-state index in [1.54, 1.807) is 0 Å². The highest BCUT2D eigenvalue weighted by Gasteiger charge is 2.55. The van der Waals surface area contributed by atoms with Gasteiger partial charge in [-0.3, -0.25) is 9.36 Å². The zero-order valence-electron chi connectivity index (χ0n) is 25.1. The minimum atomic E-state index is -0.490. The van der Waals surface area contributed by atoms with E-state index in [1.165, 1.54) is 0 Å². The molecule has 43 heavy (non-hydrogen) atoms. The summed E-state index contributed by atoms with van der Waals surface area (Å²) < 4.78 is 11.7. The minimum Gasteiger partial charge on any atom is -0.444 e. The predicted molar refractivity (Wildman–Crippen MR) is 181 cm³/mol. The maximum atomic E-state index is 12.6. The number of halogens is 2. The minimum absolute atomic E-state index is 0.130. The molecule has 1 amide bonds. The first-order chi connectivity index (χ1) is 20.4. The van der Waals surface area contributed by atoms with Gasteiger partial charge in [-0.25, -0.2) is 9.25 Å². The summed E-state index contributed by atoms with van der Waals surface area (Å²) in [5, 5.41) is 17.3. The number of carbonyl (C=O) groups excluding carboxylic acids is 1. The van der Waals surface area contributed by atoms with Crippen LogP contribution in [-0.4, -0.2) is 58.8 Å². The van der Waals surface area contributed by atoms with Gasteiger partial charge < -0.3 is 9.64 Å². The molecule has 0 radical (unpaired) electrons. The van der Waals surface area contributed by atoms with Crippen LogP contribution >= 0.6 is 40.0 Å². The molecule has 5 aromatic rings. The van der Waals surface area contributed by atoms with Gasteiger partial charge in [-0.05, 0) is 93.3 Å². The van der Waals surface area contributed by atoms with Crippen LogP contribution in [0.15, 0.2) is 36.7 Å². The smallest absolute Gasteiger partial charge is 0.410 e. The van der Waals surface area contributed by atoms with Gasteiger partial charge in [-0.1, -0.05) is 17.7 Å². The van der Waals surface area contributed by atoms with Crippen LogP contribution in [0.1, 0.15) is 50.9 Å². The van der Waals surface area contributed by atoms with Crippen molar-refractivity contribution in [3.8, 4) is 22.4 Å². The number of carbonyl (C=O) groups is 1. The first-order valence-corrected chi connectivity index (χ1v) is 18.8. The first-order valence-electron chi connectivity index (χ1n) is 14.4. The Balaban J connectivity index is 1.30. The van der Waals surface area contributed by atoms with Crippen LogP contribution in [0, 0.1) is 19.3 Å². The average Bonchev–Trinajstić information content (AvgIpc) is 3.57. The molecule has 2 aliphatic rings. The molecule has 2 aromatic carbocycles. The van der Waals surface area contributed by atoms with Crippen LogP contribution in [0.25, 0.3) is 44.2 Å². The SMILES string of the molecule is Cc1cc2c(cnn2PI)c(-c2c(-c3ccc4c(cnn4C)c3)nn(C3CC4(C3)CN(C(=O)OC(C)(C)C)C4)c2C)c1Cl. The molecule has 9 nitrogen and oxygen atoms in total. The summed E-state index contributed by atoms with van der Waals surface area (Å²) in [7, 11) is 1.96. The second-order valence-electron chi connectivity index (χ2n) is 13.1. The highest BCUT2D eigenvalue weighted by Crippen LogP contribution is 2.56. The maximum absolute atomic E-state index is 12.6. The second kappa shape index (κ2) is 10.2. The predicted octanol–water partition coefficient (Wildman–Crippen LogP) is 8.09. The van der Waals surface area contributed by atoms with Crippen molar-refractivity contribution in [3.63, 3.8) is 0 Å². The Labute approximate surface area is 270 Å². The summed E-state index contributed by atoms with van der Waals surface area (Å²) in [6.45, 7) is 11.4. The van der Waals surface area contributed by atoms with E-state index in [-0.39, 0.29) is 17.6 Å². The van der Waals surface area contributed by atoms with Crippen LogP contribution in [0.5, 0.6) is 0 Å². The van der Waals surface area contributed by atoms with E-state index >= 15 is 0 Å². The highest BCUT2D eigenvalue weighted by molar-refractivity contribution is 14.2. The molecule has 1 aliphatic carbocycles. The van der Waals surface area contributed by atoms with Gasteiger partial charge in [0, 0.05) is 58.7 Å².